The Hall–Kier alpha value is 0.430. The van der Waals surface area contributed by atoms with E-state index in [1.54, 1.807) is 0 Å². The molecule has 34 heavy (non-hydrogen) atoms. The molecule has 0 saturated carbocycles. The summed E-state index contributed by atoms with van der Waals surface area (Å²) in [6.07, 6.45) is 31.7. The smallest absolute Gasteiger partial charge is 1.00 e. The zero-order valence-electron chi connectivity index (χ0n) is 25.5. The molecule has 0 aliphatic heterocycles. The van der Waals surface area contributed by atoms with Crippen LogP contribution in [0.25, 0.3) is 0 Å². The Morgan fingerprint density at radius 3 is 1.06 bits per heavy atom. The molecule has 0 fully saturated rings. The van der Waals surface area contributed by atoms with Gasteiger partial charge in [0, 0.05) is 6.42 Å². The SMILES string of the molecule is CCCCCCCCCCCCCC(=O)O.CCCCCCCCCCCCCCN(C)C.[H-].[Na+]. The van der Waals surface area contributed by atoms with Crippen LogP contribution in [0.3, 0.4) is 0 Å². The maximum atomic E-state index is 10.3. The fourth-order valence-electron chi connectivity index (χ4n) is 4.21. The first-order valence-corrected chi connectivity index (χ1v) is 14.9. The summed E-state index contributed by atoms with van der Waals surface area (Å²) >= 11 is 0. The van der Waals surface area contributed by atoms with Gasteiger partial charge in [0.05, 0.1) is 0 Å². The molecule has 0 aromatic heterocycles. The summed E-state index contributed by atoms with van der Waals surface area (Å²) in [5.74, 6) is -0.657. The Balaban J connectivity index is -0.000000260. The van der Waals surface area contributed by atoms with Crippen LogP contribution in [0.2, 0.25) is 0 Å². The molecule has 202 valence electrons. The van der Waals surface area contributed by atoms with Gasteiger partial charge in [-0.3, -0.25) is 4.79 Å². The Morgan fingerprint density at radius 1 is 0.529 bits per heavy atom. The van der Waals surface area contributed by atoms with Gasteiger partial charge in [-0.2, -0.15) is 0 Å². The van der Waals surface area contributed by atoms with Gasteiger partial charge in [0.2, 0.25) is 0 Å². The van der Waals surface area contributed by atoms with Gasteiger partial charge in [-0.15, -0.1) is 0 Å². The maximum absolute atomic E-state index is 10.3. The summed E-state index contributed by atoms with van der Waals surface area (Å²) in [6.45, 7) is 5.80. The summed E-state index contributed by atoms with van der Waals surface area (Å²) in [7, 11) is 4.33. The van der Waals surface area contributed by atoms with Crippen molar-refractivity contribution in [3.05, 3.63) is 0 Å². The number of carboxylic acids is 1. The molecule has 0 saturated heterocycles. The maximum Gasteiger partial charge on any atom is 1.00 e. The largest absolute Gasteiger partial charge is 1.00 e. The molecule has 0 unspecified atom stereocenters. The van der Waals surface area contributed by atoms with Crippen LogP contribution in [0.1, 0.15) is 169 Å². The van der Waals surface area contributed by atoms with Gasteiger partial charge in [-0.05, 0) is 33.5 Å². The molecule has 0 aromatic carbocycles. The second-order valence-corrected chi connectivity index (χ2v) is 10.4. The third-order valence-electron chi connectivity index (χ3n) is 6.45. The zero-order valence-corrected chi connectivity index (χ0v) is 26.5. The van der Waals surface area contributed by atoms with Gasteiger partial charge in [0.1, 0.15) is 0 Å². The number of rotatable bonds is 25. The molecule has 0 aliphatic rings. The standard InChI is InChI=1S/C16H35N.C14H28O2.Na.H/c1-4-5-6-7-8-9-10-11-12-13-14-15-16-17(2)3;1-2-3-4-5-6-7-8-9-10-11-12-13-14(15)16;;/h4-16H2,1-3H3;2-13H2,1H3,(H,15,16);;/q;;+1;-1. The fourth-order valence-corrected chi connectivity index (χ4v) is 4.21. The Morgan fingerprint density at radius 2 is 0.794 bits per heavy atom. The molecule has 0 amide bonds. The quantitative estimate of drug-likeness (QED) is 0.109. The van der Waals surface area contributed by atoms with Crippen LogP contribution >= 0.6 is 0 Å². The molecule has 4 heteroatoms. The van der Waals surface area contributed by atoms with Crippen LogP contribution < -0.4 is 29.6 Å². The molecular formula is C30H64NNaO2. The summed E-state index contributed by atoms with van der Waals surface area (Å²) in [5, 5.41) is 8.46. The summed E-state index contributed by atoms with van der Waals surface area (Å²) < 4.78 is 0. The predicted octanol–water partition coefficient (Wildman–Crippen LogP) is 7.14. The van der Waals surface area contributed by atoms with E-state index in [1.165, 1.54) is 141 Å². The molecule has 0 bridgehead atoms. The molecular weight excluding hydrogens is 429 g/mol. The third kappa shape index (κ3) is 42.6. The van der Waals surface area contributed by atoms with Crippen molar-refractivity contribution in [3.8, 4) is 0 Å². The van der Waals surface area contributed by atoms with Crippen molar-refractivity contribution in [2.75, 3.05) is 20.6 Å². The molecule has 0 rings (SSSR count). The average molecular weight is 494 g/mol. The van der Waals surface area contributed by atoms with E-state index >= 15 is 0 Å². The van der Waals surface area contributed by atoms with Crippen molar-refractivity contribution in [2.24, 2.45) is 0 Å². The number of carbonyl (C=O) groups is 1. The summed E-state index contributed by atoms with van der Waals surface area (Å²) in [4.78, 5) is 12.5. The third-order valence-corrected chi connectivity index (χ3v) is 6.45. The number of aliphatic carboxylic acids is 1. The van der Waals surface area contributed by atoms with Gasteiger partial charge >= 0.3 is 35.5 Å². The Kier molecular flexibility index (Phi) is 40.8. The van der Waals surface area contributed by atoms with Crippen molar-refractivity contribution in [2.45, 2.75) is 168 Å². The first-order chi connectivity index (χ1) is 16.0. The van der Waals surface area contributed by atoms with Gasteiger partial charge in [-0.25, -0.2) is 0 Å². The average Bonchev–Trinajstić information content (AvgIpc) is 2.78. The van der Waals surface area contributed by atoms with Gasteiger partial charge in [-0.1, -0.05) is 149 Å². The molecule has 0 aromatic rings. The zero-order chi connectivity index (χ0) is 24.8. The van der Waals surface area contributed by atoms with Gasteiger partial charge in [0.25, 0.3) is 0 Å². The number of nitrogens with zero attached hydrogens (tertiary/aromatic N) is 1. The number of unbranched alkanes of at least 4 members (excludes halogenated alkanes) is 21. The Bertz CT molecular complexity index is 370. The summed E-state index contributed by atoms with van der Waals surface area (Å²) in [5.41, 5.74) is 0. The molecule has 0 aliphatic carbocycles. The van der Waals surface area contributed by atoms with E-state index < -0.39 is 5.97 Å². The molecule has 0 atom stereocenters. The van der Waals surface area contributed by atoms with E-state index in [2.05, 4.69) is 32.8 Å². The van der Waals surface area contributed by atoms with E-state index in [0.29, 0.717) is 6.42 Å². The summed E-state index contributed by atoms with van der Waals surface area (Å²) in [6, 6.07) is 0. The number of carboxylic acid groups (broad SMARTS) is 1. The van der Waals surface area contributed by atoms with Crippen molar-refractivity contribution in [1.29, 1.82) is 0 Å². The van der Waals surface area contributed by atoms with Crippen LogP contribution in [0.5, 0.6) is 0 Å². The molecule has 0 radical (unpaired) electrons. The van der Waals surface area contributed by atoms with Crippen LogP contribution in [0, 0.1) is 0 Å². The van der Waals surface area contributed by atoms with Crippen molar-refractivity contribution in [3.63, 3.8) is 0 Å². The second-order valence-electron chi connectivity index (χ2n) is 10.4. The number of hydrogen-bond donors (Lipinski definition) is 1. The van der Waals surface area contributed by atoms with Crippen molar-refractivity contribution < 1.29 is 40.9 Å². The van der Waals surface area contributed by atoms with E-state index in [-0.39, 0.29) is 31.0 Å². The van der Waals surface area contributed by atoms with Crippen molar-refractivity contribution >= 4 is 5.97 Å². The number of hydrogen-bond acceptors (Lipinski definition) is 2. The van der Waals surface area contributed by atoms with E-state index in [1.807, 2.05) is 0 Å². The Labute approximate surface area is 239 Å². The van der Waals surface area contributed by atoms with E-state index in [9.17, 15) is 4.79 Å². The minimum atomic E-state index is -0.657. The first kappa shape index (κ1) is 39.0. The minimum Gasteiger partial charge on any atom is -1.00 e. The molecule has 3 nitrogen and oxygen atoms in total. The topological polar surface area (TPSA) is 40.5 Å². The minimum absolute atomic E-state index is 0. The first-order valence-electron chi connectivity index (χ1n) is 14.9. The van der Waals surface area contributed by atoms with Crippen LogP contribution in [0.15, 0.2) is 0 Å². The van der Waals surface area contributed by atoms with Gasteiger partial charge in [0.15, 0.2) is 0 Å². The second kappa shape index (κ2) is 35.6. The predicted molar refractivity (Wildman–Crippen MR) is 149 cm³/mol. The molecule has 0 spiro atoms. The monoisotopic (exact) mass is 493 g/mol. The van der Waals surface area contributed by atoms with Crippen LogP contribution in [0.4, 0.5) is 0 Å². The molecule has 1 N–H and O–H groups in total. The fraction of sp³-hybridized carbons (Fsp3) is 0.967. The van der Waals surface area contributed by atoms with Crippen LogP contribution in [-0.2, 0) is 4.79 Å². The van der Waals surface area contributed by atoms with Gasteiger partial charge < -0.3 is 11.4 Å². The van der Waals surface area contributed by atoms with E-state index in [0.717, 1.165) is 12.8 Å². The van der Waals surface area contributed by atoms with Crippen LogP contribution in [-0.4, -0.2) is 36.6 Å². The van der Waals surface area contributed by atoms with E-state index in [4.69, 9.17) is 5.11 Å². The normalized spacial score (nSPS) is 10.6. The molecule has 0 heterocycles. The van der Waals surface area contributed by atoms with Crippen molar-refractivity contribution in [1.82, 2.24) is 4.90 Å².